The van der Waals surface area contributed by atoms with Gasteiger partial charge in [0, 0.05) is 36.7 Å². The van der Waals surface area contributed by atoms with Crippen LogP contribution in [0.15, 0.2) is 47.0 Å². The van der Waals surface area contributed by atoms with Gasteiger partial charge in [-0.1, -0.05) is 63.6 Å². The molecule has 2 amide bonds. The van der Waals surface area contributed by atoms with Crippen molar-refractivity contribution in [3.8, 4) is 0 Å². The van der Waals surface area contributed by atoms with Crippen LogP contribution in [0.4, 0.5) is 11.5 Å². The van der Waals surface area contributed by atoms with E-state index in [0.717, 1.165) is 41.6 Å². The average Bonchev–Trinajstić information content (AvgIpc) is 3.31. The smallest absolute Gasteiger partial charge is 0.307 e. The molecule has 0 saturated heterocycles. The van der Waals surface area contributed by atoms with E-state index in [1.165, 1.54) is 36.7 Å². The first kappa shape index (κ1) is 36.9. The zero-order chi connectivity index (χ0) is 34.9. The van der Waals surface area contributed by atoms with E-state index in [9.17, 15) is 14.4 Å². The number of nitrogens with zero attached hydrogens (tertiary/aromatic N) is 3. The summed E-state index contributed by atoms with van der Waals surface area (Å²) in [5.74, 6) is 0.218. The molecular formula is C37H52N4O6Si. The number of hydrogen-bond acceptors (Lipinski definition) is 8. The summed E-state index contributed by atoms with van der Waals surface area (Å²) in [4.78, 5) is 47.3. The molecule has 48 heavy (non-hydrogen) atoms. The van der Waals surface area contributed by atoms with E-state index in [-0.39, 0.29) is 31.1 Å². The number of esters is 1. The van der Waals surface area contributed by atoms with Crippen molar-refractivity contribution in [2.75, 3.05) is 30.5 Å². The number of likely N-dealkylation sites (N-methyl/N-ethyl adjacent to an activating group) is 1. The topological polar surface area (TPSA) is 114 Å². The van der Waals surface area contributed by atoms with Crippen LogP contribution < -0.4 is 10.2 Å². The molecule has 3 heterocycles. The van der Waals surface area contributed by atoms with Gasteiger partial charge in [0.1, 0.15) is 11.3 Å². The van der Waals surface area contributed by atoms with Crippen LogP contribution in [0.25, 0.3) is 17.0 Å². The van der Waals surface area contributed by atoms with Gasteiger partial charge in [-0.25, -0.2) is 4.98 Å². The number of rotatable bonds is 16. The van der Waals surface area contributed by atoms with Gasteiger partial charge < -0.3 is 23.8 Å². The number of pyridine rings is 1. The number of anilines is 2. The number of ether oxygens (including phenoxy) is 1. The van der Waals surface area contributed by atoms with Gasteiger partial charge in [-0.3, -0.25) is 19.3 Å². The third kappa shape index (κ3) is 9.79. The fourth-order valence-electron chi connectivity index (χ4n) is 5.91. The van der Waals surface area contributed by atoms with Crippen molar-refractivity contribution < 1.29 is 28.0 Å². The SMILES string of the molecule is CCCCCCCCCC(=O)OCN1C(=O)C(C)(O[Si](C)(C)C)CNc2cc(C=CC(=O)N(C)Cc3oc4ccccc4c3C)cnc21. The molecule has 3 aromatic rings. The molecule has 0 radical (unpaired) electrons. The molecule has 1 N–H and O–H groups in total. The lowest BCUT2D eigenvalue weighted by molar-refractivity contribution is -0.145. The third-order valence-corrected chi connectivity index (χ3v) is 9.51. The highest BCUT2D eigenvalue weighted by Crippen LogP contribution is 2.33. The molecule has 1 unspecified atom stereocenters. The molecular weight excluding hydrogens is 625 g/mol. The zero-order valence-corrected chi connectivity index (χ0v) is 30.7. The highest BCUT2D eigenvalue weighted by molar-refractivity contribution is 6.70. The summed E-state index contributed by atoms with van der Waals surface area (Å²) in [6.07, 6.45) is 12.8. The van der Waals surface area contributed by atoms with Crippen LogP contribution in [0.3, 0.4) is 0 Å². The minimum absolute atomic E-state index is 0.196. The Kier molecular flexibility index (Phi) is 12.6. The van der Waals surface area contributed by atoms with Crippen molar-refractivity contribution in [1.82, 2.24) is 9.88 Å². The number of benzene rings is 1. The van der Waals surface area contributed by atoms with Crippen molar-refractivity contribution >= 4 is 54.7 Å². The summed E-state index contributed by atoms with van der Waals surface area (Å²) < 4.78 is 18.0. The Balaban J connectivity index is 1.45. The summed E-state index contributed by atoms with van der Waals surface area (Å²) in [6.45, 7) is 12.3. The number of aryl methyl sites for hydroxylation is 1. The first-order chi connectivity index (χ1) is 22.8. The third-order valence-electron chi connectivity index (χ3n) is 8.45. The van der Waals surface area contributed by atoms with Crippen molar-refractivity contribution in [2.45, 2.75) is 104 Å². The second kappa shape index (κ2) is 16.4. The highest BCUT2D eigenvalue weighted by atomic mass is 28.4. The van der Waals surface area contributed by atoms with Crippen LogP contribution >= 0.6 is 0 Å². The van der Waals surface area contributed by atoms with E-state index in [0.29, 0.717) is 30.0 Å². The first-order valence-electron chi connectivity index (χ1n) is 17.1. The second-order valence-electron chi connectivity index (χ2n) is 13.9. The van der Waals surface area contributed by atoms with Gasteiger partial charge in [0.05, 0.1) is 18.8 Å². The lowest BCUT2D eigenvalue weighted by Gasteiger charge is -2.36. The largest absolute Gasteiger partial charge is 0.459 e. The quantitative estimate of drug-likeness (QED) is 0.0707. The summed E-state index contributed by atoms with van der Waals surface area (Å²) in [7, 11) is -0.428. The molecule has 0 aliphatic carbocycles. The lowest BCUT2D eigenvalue weighted by atomic mass is 10.1. The number of fused-ring (bicyclic) bond motifs is 2. The van der Waals surface area contributed by atoms with E-state index in [2.05, 4.69) is 17.2 Å². The van der Waals surface area contributed by atoms with Gasteiger partial charge in [-0.05, 0) is 63.7 Å². The molecule has 0 spiro atoms. The molecule has 1 aliphatic rings. The van der Waals surface area contributed by atoms with Crippen molar-refractivity contribution in [1.29, 1.82) is 0 Å². The Bertz CT molecular complexity index is 1610. The predicted molar refractivity (Wildman–Crippen MR) is 193 cm³/mol. The number of hydrogen-bond donors (Lipinski definition) is 1. The molecule has 4 rings (SSSR count). The second-order valence-corrected chi connectivity index (χ2v) is 18.3. The van der Waals surface area contributed by atoms with E-state index >= 15 is 0 Å². The molecule has 10 nitrogen and oxygen atoms in total. The summed E-state index contributed by atoms with van der Waals surface area (Å²) in [6, 6.07) is 9.65. The summed E-state index contributed by atoms with van der Waals surface area (Å²) in [5.41, 5.74) is 1.87. The minimum Gasteiger partial charge on any atom is -0.459 e. The Morgan fingerprint density at radius 1 is 1.12 bits per heavy atom. The number of furan rings is 1. The predicted octanol–water partition coefficient (Wildman–Crippen LogP) is 7.82. The monoisotopic (exact) mass is 676 g/mol. The average molecular weight is 677 g/mol. The van der Waals surface area contributed by atoms with E-state index in [1.54, 1.807) is 31.1 Å². The Morgan fingerprint density at radius 3 is 2.54 bits per heavy atom. The number of amides is 2. The standard InChI is InChI=1S/C37H52N4O6Si/c1-8-9-10-11-12-13-14-19-34(43)45-26-41-35-30(39-25-37(3,36(41)44)47-48(5,6)7)22-28(23-38-35)20-21-33(42)40(4)24-32-27(2)29-17-15-16-18-31(29)46-32/h15-18,20-23,39H,8-14,19,24-26H2,1-7H3. The minimum atomic E-state index is -2.16. The molecule has 1 aromatic carbocycles. The van der Waals surface area contributed by atoms with Gasteiger partial charge in [-0.15, -0.1) is 0 Å². The fourth-order valence-corrected chi connectivity index (χ4v) is 7.42. The van der Waals surface area contributed by atoms with E-state index in [4.69, 9.17) is 13.6 Å². The fraction of sp³-hybridized carbons (Fsp3) is 0.514. The van der Waals surface area contributed by atoms with Crippen LogP contribution in [0.1, 0.15) is 82.1 Å². The number of carbonyl (C=O) groups is 3. The number of carbonyl (C=O) groups excluding carboxylic acids is 3. The van der Waals surface area contributed by atoms with Gasteiger partial charge in [0.2, 0.25) is 5.91 Å². The molecule has 11 heteroatoms. The summed E-state index contributed by atoms with van der Waals surface area (Å²) in [5, 5.41) is 4.38. The van der Waals surface area contributed by atoms with Crippen molar-refractivity contribution in [3.05, 3.63) is 59.5 Å². The van der Waals surface area contributed by atoms with Crippen LogP contribution in [0.2, 0.25) is 19.6 Å². The Labute approximate surface area is 286 Å². The van der Waals surface area contributed by atoms with Gasteiger partial charge in [0.25, 0.3) is 5.91 Å². The summed E-state index contributed by atoms with van der Waals surface area (Å²) >= 11 is 0. The van der Waals surface area contributed by atoms with E-state index < -0.39 is 13.9 Å². The maximum atomic E-state index is 14.0. The molecule has 260 valence electrons. The molecule has 0 saturated carbocycles. The maximum Gasteiger partial charge on any atom is 0.307 e. The van der Waals surface area contributed by atoms with Gasteiger partial charge in [-0.2, -0.15) is 0 Å². The number of aromatic nitrogens is 1. The highest BCUT2D eigenvalue weighted by Gasteiger charge is 2.45. The first-order valence-corrected chi connectivity index (χ1v) is 20.5. The van der Waals surface area contributed by atoms with Crippen LogP contribution in [-0.2, 0) is 30.1 Å². The van der Waals surface area contributed by atoms with Crippen LogP contribution in [0.5, 0.6) is 0 Å². The van der Waals surface area contributed by atoms with Crippen LogP contribution in [0, 0.1) is 6.92 Å². The number of para-hydroxylation sites is 1. The number of unbranched alkanes of at least 4 members (excludes halogenated alkanes) is 6. The van der Waals surface area contributed by atoms with E-state index in [1.807, 2.05) is 56.9 Å². The zero-order valence-electron chi connectivity index (χ0n) is 29.7. The molecule has 0 bridgehead atoms. The number of nitrogens with one attached hydrogen (secondary N) is 1. The lowest BCUT2D eigenvalue weighted by Crippen LogP contribution is -2.56. The normalized spacial score (nSPS) is 16.6. The Morgan fingerprint density at radius 2 is 1.83 bits per heavy atom. The van der Waals surface area contributed by atoms with Crippen LogP contribution in [-0.4, -0.2) is 61.9 Å². The molecule has 2 aromatic heterocycles. The van der Waals surface area contributed by atoms with Crippen molar-refractivity contribution in [3.63, 3.8) is 0 Å². The molecule has 1 aliphatic heterocycles. The molecule has 1 atom stereocenters. The Hall–Kier alpha value is -3.96. The van der Waals surface area contributed by atoms with Gasteiger partial charge >= 0.3 is 5.97 Å². The van der Waals surface area contributed by atoms with Gasteiger partial charge in [0.15, 0.2) is 26.5 Å². The molecule has 0 fully saturated rings. The van der Waals surface area contributed by atoms with Crippen molar-refractivity contribution in [2.24, 2.45) is 0 Å². The maximum absolute atomic E-state index is 14.0.